The van der Waals surface area contributed by atoms with Gasteiger partial charge < -0.3 is 0 Å². The molecule has 0 spiro atoms. The highest BCUT2D eigenvalue weighted by Gasteiger charge is 2.23. The van der Waals surface area contributed by atoms with Gasteiger partial charge in [-0.25, -0.2) is 8.42 Å². The number of sulfone groups is 1. The molecular formula is C14H9ClN2O2S2. The summed E-state index contributed by atoms with van der Waals surface area (Å²) < 4.78 is 24.9. The Morgan fingerprint density at radius 3 is 2.24 bits per heavy atom. The first kappa shape index (κ1) is 14.2. The predicted molar refractivity (Wildman–Crippen MR) is 82.2 cm³/mol. The summed E-state index contributed by atoms with van der Waals surface area (Å²) in [7, 11) is -3.66. The molecule has 4 nitrogen and oxygen atoms in total. The zero-order chi connectivity index (χ0) is 14.9. The van der Waals surface area contributed by atoms with E-state index < -0.39 is 9.84 Å². The van der Waals surface area contributed by atoms with Crippen LogP contribution in [0.1, 0.15) is 0 Å². The first-order chi connectivity index (χ1) is 10.1. The second kappa shape index (κ2) is 5.55. The van der Waals surface area contributed by atoms with Crippen LogP contribution in [0.15, 0.2) is 63.8 Å². The molecule has 0 unspecified atom stereocenters. The molecule has 7 heteroatoms. The van der Waals surface area contributed by atoms with Crippen LogP contribution < -0.4 is 0 Å². The number of aromatic nitrogens is 2. The average molecular weight is 337 g/mol. The van der Waals surface area contributed by atoms with E-state index in [-0.39, 0.29) is 9.24 Å². The zero-order valence-electron chi connectivity index (χ0n) is 10.6. The van der Waals surface area contributed by atoms with Gasteiger partial charge in [0, 0.05) is 10.6 Å². The summed E-state index contributed by atoms with van der Waals surface area (Å²) in [5.74, 6) is 0. The van der Waals surface area contributed by atoms with E-state index in [2.05, 4.69) is 10.2 Å². The Balaban J connectivity index is 2.01. The lowest BCUT2D eigenvalue weighted by molar-refractivity contribution is 0.594. The quantitative estimate of drug-likeness (QED) is 0.731. The SMILES string of the molecule is O=S(=O)(c1ccc(Cl)cc1)c1nnc(-c2ccccc2)s1. The highest BCUT2D eigenvalue weighted by molar-refractivity contribution is 7.93. The minimum atomic E-state index is -3.66. The second-order valence-corrected chi connectivity index (χ2v) is 7.73. The Morgan fingerprint density at radius 2 is 1.57 bits per heavy atom. The van der Waals surface area contributed by atoms with Crippen molar-refractivity contribution in [2.45, 2.75) is 9.24 Å². The maximum Gasteiger partial charge on any atom is 0.237 e. The van der Waals surface area contributed by atoms with Crippen molar-refractivity contribution >= 4 is 32.8 Å². The maximum atomic E-state index is 12.5. The zero-order valence-corrected chi connectivity index (χ0v) is 13.0. The summed E-state index contributed by atoms with van der Waals surface area (Å²) in [6, 6.07) is 15.3. The Morgan fingerprint density at radius 1 is 0.905 bits per heavy atom. The Labute approximate surface area is 131 Å². The van der Waals surface area contributed by atoms with Crippen molar-refractivity contribution in [3.63, 3.8) is 0 Å². The highest BCUT2D eigenvalue weighted by atomic mass is 35.5. The summed E-state index contributed by atoms with van der Waals surface area (Å²) in [4.78, 5) is 0.155. The van der Waals surface area contributed by atoms with E-state index in [0.717, 1.165) is 16.9 Å². The number of hydrogen-bond acceptors (Lipinski definition) is 5. The summed E-state index contributed by atoms with van der Waals surface area (Å²) >= 11 is 6.82. The van der Waals surface area contributed by atoms with E-state index in [1.807, 2.05) is 30.3 Å². The molecule has 1 heterocycles. The van der Waals surface area contributed by atoms with Gasteiger partial charge in [0.2, 0.25) is 14.2 Å². The molecule has 0 bridgehead atoms. The molecule has 21 heavy (non-hydrogen) atoms. The van der Waals surface area contributed by atoms with Gasteiger partial charge >= 0.3 is 0 Å². The first-order valence-electron chi connectivity index (χ1n) is 5.97. The summed E-state index contributed by atoms with van der Waals surface area (Å²) in [6.07, 6.45) is 0. The fraction of sp³-hybridized carbons (Fsp3) is 0. The van der Waals surface area contributed by atoms with Crippen molar-refractivity contribution in [3.8, 4) is 10.6 Å². The van der Waals surface area contributed by atoms with Crippen LogP contribution in [0.2, 0.25) is 5.02 Å². The van der Waals surface area contributed by atoms with Gasteiger partial charge in [-0.05, 0) is 24.3 Å². The average Bonchev–Trinajstić information content (AvgIpc) is 2.99. The molecule has 106 valence electrons. The molecule has 0 aliphatic rings. The molecule has 0 atom stereocenters. The summed E-state index contributed by atoms with van der Waals surface area (Å²) in [5, 5.41) is 8.82. The number of hydrogen-bond donors (Lipinski definition) is 0. The van der Waals surface area contributed by atoms with Gasteiger partial charge in [-0.3, -0.25) is 0 Å². The van der Waals surface area contributed by atoms with Gasteiger partial charge in [-0.15, -0.1) is 10.2 Å². The van der Waals surface area contributed by atoms with E-state index in [9.17, 15) is 8.42 Å². The molecule has 0 saturated carbocycles. The topological polar surface area (TPSA) is 59.9 Å². The highest BCUT2D eigenvalue weighted by Crippen LogP contribution is 2.29. The number of halogens is 1. The molecule has 3 aromatic rings. The lowest BCUT2D eigenvalue weighted by Crippen LogP contribution is -2.01. The third-order valence-corrected chi connectivity index (χ3v) is 6.14. The van der Waals surface area contributed by atoms with Crippen molar-refractivity contribution in [1.29, 1.82) is 0 Å². The van der Waals surface area contributed by atoms with Crippen LogP contribution in [-0.2, 0) is 9.84 Å². The van der Waals surface area contributed by atoms with Crippen LogP contribution in [0.25, 0.3) is 10.6 Å². The largest absolute Gasteiger partial charge is 0.237 e. The molecule has 0 fully saturated rings. The van der Waals surface area contributed by atoms with Crippen molar-refractivity contribution < 1.29 is 8.42 Å². The van der Waals surface area contributed by atoms with Gasteiger partial charge in [0.1, 0.15) is 5.01 Å². The normalized spacial score (nSPS) is 11.5. The van der Waals surface area contributed by atoms with Gasteiger partial charge in [0.15, 0.2) is 0 Å². The van der Waals surface area contributed by atoms with Gasteiger partial charge in [-0.1, -0.05) is 53.3 Å². The maximum absolute atomic E-state index is 12.5. The van der Waals surface area contributed by atoms with E-state index in [4.69, 9.17) is 11.6 Å². The molecule has 0 saturated heterocycles. The number of nitrogens with zero attached hydrogens (tertiary/aromatic N) is 2. The van der Waals surface area contributed by atoms with Crippen LogP contribution in [-0.4, -0.2) is 18.6 Å². The standard InChI is InChI=1S/C14H9ClN2O2S2/c15-11-6-8-12(9-7-11)21(18,19)14-17-16-13(20-14)10-4-2-1-3-5-10/h1-9H. The van der Waals surface area contributed by atoms with Crippen LogP contribution in [0, 0.1) is 0 Å². The van der Waals surface area contributed by atoms with Gasteiger partial charge in [0.05, 0.1) is 4.90 Å². The molecule has 0 aliphatic carbocycles. The van der Waals surface area contributed by atoms with E-state index >= 15 is 0 Å². The molecule has 0 N–H and O–H groups in total. The van der Waals surface area contributed by atoms with E-state index in [1.54, 1.807) is 0 Å². The van der Waals surface area contributed by atoms with Gasteiger partial charge in [-0.2, -0.15) is 0 Å². The Hall–Kier alpha value is -1.76. The fourth-order valence-corrected chi connectivity index (χ4v) is 4.25. The number of benzene rings is 2. The lowest BCUT2D eigenvalue weighted by Gasteiger charge is -1.99. The molecule has 1 aromatic heterocycles. The third kappa shape index (κ3) is 2.83. The molecule has 2 aromatic carbocycles. The molecule has 3 rings (SSSR count). The van der Waals surface area contributed by atoms with Gasteiger partial charge in [0.25, 0.3) is 0 Å². The van der Waals surface area contributed by atoms with Crippen LogP contribution in [0.4, 0.5) is 0 Å². The Kier molecular flexibility index (Phi) is 3.75. The van der Waals surface area contributed by atoms with Crippen LogP contribution in [0.3, 0.4) is 0 Å². The molecule has 0 radical (unpaired) electrons. The van der Waals surface area contributed by atoms with Crippen LogP contribution >= 0.6 is 22.9 Å². The fourth-order valence-electron chi connectivity index (χ4n) is 1.73. The minimum absolute atomic E-state index is 0.0244. The van der Waals surface area contributed by atoms with Crippen molar-refractivity contribution in [2.24, 2.45) is 0 Å². The number of rotatable bonds is 3. The van der Waals surface area contributed by atoms with E-state index in [1.165, 1.54) is 24.3 Å². The minimum Gasteiger partial charge on any atom is -0.216 e. The van der Waals surface area contributed by atoms with E-state index in [0.29, 0.717) is 10.0 Å². The smallest absolute Gasteiger partial charge is 0.216 e. The first-order valence-corrected chi connectivity index (χ1v) is 8.65. The second-order valence-electron chi connectivity index (χ2n) is 4.20. The Bertz CT molecular complexity index is 860. The predicted octanol–water partition coefficient (Wildman–Crippen LogP) is 3.69. The monoisotopic (exact) mass is 336 g/mol. The van der Waals surface area contributed by atoms with Crippen molar-refractivity contribution in [1.82, 2.24) is 10.2 Å². The summed E-state index contributed by atoms with van der Waals surface area (Å²) in [6.45, 7) is 0. The molecule has 0 aliphatic heterocycles. The lowest BCUT2D eigenvalue weighted by atomic mass is 10.2. The van der Waals surface area contributed by atoms with Crippen molar-refractivity contribution in [3.05, 3.63) is 59.6 Å². The molecular weight excluding hydrogens is 328 g/mol. The molecule has 0 amide bonds. The third-order valence-electron chi connectivity index (χ3n) is 2.78. The van der Waals surface area contributed by atoms with Crippen LogP contribution in [0.5, 0.6) is 0 Å². The summed E-state index contributed by atoms with van der Waals surface area (Å²) in [5.41, 5.74) is 0.840. The van der Waals surface area contributed by atoms with Crippen molar-refractivity contribution in [2.75, 3.05) is 0 Å².